The van der Waals surface area contributed by atoms with E-state index in [1.165, 1.54) is 23.3 Å². The molecule has 0 saturated carbocycles. The third kappa shape index (κ3) is 4.50. The second-order valence-electron chi connectivity index (χ2n) is 7.45. The van der Waals surface area contributed by atoms with Gasteiger partial charge in [-0.1, -0.05) is 11.6 Å². The van der Waals surface area contributed by atoms with Crippen molar-refractivity contribution in [2.45, 2.75) is 18.1 Å². The van der Waals surface area contributed by atoms with Gasteiger partial charge in [-0.2, -0.15) is 0 Å². The van der Waals surface area contributed by atoms with Crippen LogP contribution >= 0.6 is 35.2 Å². The number of oxazole rings is 1. The third-order valence-corrected chi connectivity index (χ3v) is 8.56. The molecular weight excluding hydrogens is 464 g/mol. The molecule has 162 valence electrons. The Labute approximate surface area is 190 Å². The second-order valence-corrected chi connectivity index (χ2v) is 11.8. The molecule has 1 saturated heterocycles. The lowest BCUT2D eigenvalue weighted by Crippen LogP contribution is -2.46. The summed E-state index contributed by atoms with van der Waals surface area (Å²) in [6.07, 6.45) is 0. The van der Waals surface area contributed by atoms with E-state index in [1.807, 2.05) is 10.6 Å². The van der Waals surface area contributed by atoms with E-state index in [0.717, 1.165) is 37.1 Å². The van der Waals surface area contributed by atoms with Crippen LogP contribution in [0.5, 0.6) is 0 Å². The Morgan fingerprint density at radius 3 is 2.47 bits per heavy atom. The van der Waals surface area contributed by atoms with Gasteiger partial charge < -0.3 is 4.42 Å². The highest BCUT2D eigenvalue weighted by molar-refractivity contribution is 7.89. The molecule has 0 radical (unpaired) electrons. The Bertz CT molecular complexity index is 1210. The lowest BCUT2D eigenvalue weighted by molar-refractivity contribution is 0.103. The van der Waals surface area contributed by atoms with E-state index in [-0.39, 0.29) is 4.90 Å². The molecule has 2 aromatic heterocycles. The maximum absolute atomic E-state index is 12.5. The molecule has 1 aliphatic heterocycles. The first kappa shape index (κ1) is 21.9. The molecule has 30 heavy (non-hydrogen) atoms. The number of halogens is 1. The summed E-state index contributed by atoms with van der Waals surface area (Å²) in [5.41, 5.74) is 1.28. The van der Waals surface area contributed by atoms with Crippen LogP contribution in [-0.2, 0) is 23.2 Å². The summed E-state index contributed by atoms with van der Waals surface area (Å²) in [4.78, 5) is 6.55. The fraction of sp³-hybridized carbons (Fsp3) is 0.421. The largest absolute Gasteiger partial charge is 0.429 e. The van der Waals surface area contributed by atoms with Gasteiger partial charge in [-0.05, 0) is 42.5 Å². The summed E-state index contributed by atoms with van der Waals surface area (Å²) in [5.74, 6) is 0. The molecule has 0 aliphatic carbocycles. The van der Waals surface area contributed by atoms with Gasteiger partial charge >= 0.3 is 0 Å². The van der Waals surface area contributed by atoms with E-state index in [2.05, 4.69) is 15.9 Å². The van der Waals surface area contributed by atoms with Crippen LogP contribution < -0.4 is 0 Å². The van der Waals surface area contributed by atoms with Crippen molar-refractivity contribution >= 4 is 56.3 Å². The summed E-state index contributed by atoms with van der Waals surface area (Å²) in [6.45, 7) is 5.14. The van der Waals surface area contributed by atoms with Crippen molar-refractivity contribution in [2.24, 2.45) is 0 Å². The first-order valence-electron chi connectivity index (χ1n) is 9.49. The zero-order chi connectivity index (χ0) is 21.5. The molecule has 0 amide bonds. The van der Waals surface area contributed by atoms with Crippen LogP contribution in [0.1, 0.15) is 4.88 Å². The van der Waals surface area contributed by atoms with Crippen molar-refractivity contribution in [3.63, 3.8) is 0 Å². The third-order valence-electron chi connectivity index (χ3n) is 5.23. The predicted molar refractivity (Wildman–Crippen MR) is 122 cm³/mol. The molecule has 1 fully saturated rings. The Kier molecular flexibility index (Phi) is 6.36. The van der Waals surface area contributed by atoms with Crippen LogP contribution in [0.25, 0.3) is 11.1 Å². The first-order valence-corrected chi connectivity index (χ1v) is 12.5. The van der Waals surface area contributed by atoms with Crippen molar-refractivity contribution in [2.75, 3.05) is 40.3 Å². The van der Waals surface area contributed by atoms with Crippen LogP contribution in [0.15, 0.2) is 39.6 Å². The maximum Gasteiger partial charge on any atom is 0.270 e. The minimum absolute atomic E-state index is 0.226. The standard InChI is InChI=1S/C19H23ClN4O3S3/c1-21(2)30(25,26)15-4-5-17-16(11-15)24(19(28)27-17)13-23-9-7-22(8-10-23)12-14-3-6-18(20)29-14/h3-6,11H,7-10,12-13H2,1-2H3. The first-order chi connectivity index (χ1) is 14.2. The maximum atomic E-state index is 12.5. The fourth-order valence-electron chi connectivity index (χ4n) is 3.49. The van der Waals surface area contributed by atoms with Crippen LogP contribution in [0, 0.1) is 4.84 Å². The molecule has 3 aromatic rings. The molecule has 0 unspecified atom stereocenters. The average molecular weight is 487 g/mol. The Hall–Kier alpha value is -1.27. The minimum Gasteiger partial charge on any atom is -0.429 e. The van der Waals surface area contributed by atoms with Gasteiger partial charge in [0.25, 0.3) is 4.84 Å². The highest BCUT2D eigenvalue weighted by Gasteiger charge is 2.22. The molecule has 7 nitrogen and oxygen atoms in total. The van der Waals surface area contributed by atoms with Gasteiger partial charge in [0.1, 0.15) is 0 Å². The number of aromatic nitrogens is 1. The Morgan fingerprint density at radius 1 is 1.13 bits per heavy atom. The van der Waals surface area contributed by atoms with Gasteiger partial charge in [-0.25, -0.2) is 12.7 Å². The van der Waals surface area contributed by atoms with E-state index >= 15 is 0 Å². The highest BCUT2D eigenvalue weighted by Crippen LogP contribution is 2.25. The second kappa shape index (κ2) is 8.70. The summed E-state index contributed by atoms with van der Waals surface area (Å²) >= 11 is 13.1. The lowest BCUT2D eigenvalue weighted by atomic mass is 10.3. The van der Waals surface area contributed by atoms with E-state index in [1.54, 1.807) is 29.5 Å². The molecule has 0 bridgehead atoms. The van der Waals surface area contributed by atoms with Crippen LogP contribution in [0.2, 0.25) is 4.34 Å². The number of piperazine rings is 1. The molecular formula is C19H23ClN4O3S3. The van der Waals surface area contributed by atoms with Crippen LogP contribution in [-0.4, -0.2) is 67.4 Å². The number of rotatable bonds is 6. The quantitative estimate of drug-likeness (QED) is 0.495. The summed E-state index contributed by atoms with van der Waals surface area (Å²) in [7, 11) is -0.491. The normalized spacial score (nSPS) is 16.7. The summed E-state index contributed by atoms with van der Waals surface area (Å²) in [6, 6.07) is 8.88. The van der Waals surface area contributed by atoms with Gasteiger partial charge in [0.15, 0.2) is 5.58 Å². The van der Waals surface area contributed by atoms with Gasteiger partial charge in [-0.3, -0.25) is 14.4 Å². The molecule has 1 aliphatic rings. The topological polar surface area (TPSA) is 61.9 Å². The van der Waals surface area contributed by atoms with Crippen molar-refractivity contribution in [1.82, 2.24) is 18.7 Å². The van der Waals surface area contributed by atoms with Crippen molar-refractivity contribution in [1.29, 1.82) is 0 Å². The van der Waals surface area contributed by atoms with E-state index in [0.29, 0.717) is 22.6 Å². The van der Waals surface area contributed by atoms with Crippen molar-refractivity contribution in [3.8, 4) is 0 Å². The van der Waals surface area contributed by atoms with E-state index in [9.17, 15) is 8.42 Å². The van der Waals surface area contributed by atoms with Gasteiger partial charge in [0.05, 0.1) is 21.4 Å². The monoisotopic (exact) mass is 486 g/mol. The molecule has 3 heterocycles. The summed E-state index contributed by atoms with van der Waals surface area (Å²) in [5, 5.41) is 0. The number of sulfonamides is 1. The molecule has 0 N–H and O–H groups in total. The Morgan fingerprint density at radius 2 is 1.83 bits per heavy atom. The predicted octanol–water partition coefficient (Wildman–Crippen LogP) is 3.70. The lowest BCUT2D eigenvalue weighted by Gasteiger charge is -2.34. The van der Waals surface area contributed by atoms with Crippen molar-refractivity contribution in [3.05, 3.63) is 44.4 Å². The van der Waals surface area contributed by atoms with E-state index < -0.39 is 10.0 Å². The fourth-order valence-corrected chi connectivity index (χ4v) is 5.79. The van der Waals surface area contributed by atoms with Crippen LogP contribution in [0.4, 0.5) is 0 Å². The molecule has 11 heteroatoms. The molecule has 0 atom stereocenters. The van der Waals surface area contributed by atoms with Gasteiger partial charge in [-0.15, -0.1) is 11.3 Å². The number of hydrogen-bond donors (Lipinski definition) is 0. The van der Waals surface area contributed by atoms with Gasteiger partial charge in [0, 0.05) is 51.7 Å². The number of benzene rings is 1. The molecule has 1 aromatic carbocycles. The highest BCUT2D eigenvalue weighted by atomic mass is 35.5. The van der Waals surface area contributed by atoms with Gasteiger partial charge in [0.2, 0.25) is 10.0 Å². The van der Waals surface area contributed by atoms with Crippen LogP contribution in [0.3, 0.4) is 0 Å². The minimum atomic E-state index is -3.53. The zero-order valence-electron chi connectivity index (χ0n) is 16.7. The van der Waals surface area contributed by atoms with E-state index in [4.69, 9.17) is 28.2 Å². The number of thiophene rings is 1. The zero-order valence-corrected chi connectivity index (χ0v) is 20.0. The number of nitrogens with zero attached hydrogens (tertiary/aromatic N) is 4. The summed E-state index contributed by atoms with van der Waals surface area (Å²) < 4.78 is 34.6. The molecule has 0 spiro atoms. The SMILES string of the molecule is CN(C)S(=O)(=O)c1ccc2oc(=S)n(CN3CCN(Cc4ccc(Cl)s4)CC3)c2c1. The number of fused-ring (bicyclic) bond motifs is 1. The smallest absolute Gasteiger partial charge is 0.270 e. The van der Waals surface area contributed by atoms with Crippen molar-refractivity contribution < 1.29 is 12.8 Å². The average Bonchev–Trinajstić information content (AvgIpc) is 3.25. The Balaban J connectivity index is 1.49. The number of hydrogen-bond acceptors (Lipinski definition) is 7. The molecule has 4 rings (SSSR count).